The number of amides is 1. The maximum absolute atomic E-state index is 11.7. The number of nitrogens with two attached hydrogens (primary N) is 1. The van der Waals surface area contributed by atoms with Crippen molar-refractivity contribution >= 4 is 23.1 Å². The van der Waals surface area contributed by atoms with E-state index in [1.807, 2.05) is 6.92 Å². The Kier molecular flexibility index (Phi) is 2.97. The SMILES string of the molecule is Cc1cc(NC(=O)c2csc(CN)n2)n[nH]1. The van der Waals surface area contributed by atoms with Gasteiger partial charge in [0.1, 0.15) is 10.7 Å². The van der Waals surface area contributed by atoms with Gasteiger partial charge in [0.15, 0.2) is 5.82 Å². The fourth-order valence-corrected chi connectivity index (χ4v) is 1.83. The fourth-order valence-electron chi connectivity index (χ4n) is 1.17. The van der Waals surface area contributed by atoms with E-state index in [4.69, 9.17) is 5.73 Å². The first-order chi connectivity index (χ1) is 7.69. The standard InChI is InChI=1S/C9H11N5OS/c1-5-2-7(14-13-5)12-9(15)6-4-16-8(3-10)11-6/h2,4H,3,10H2,1H3,(H2,12,13,14,15). The summed E-state index contributed by atoms with van der Waals surface area (Å²) in [6.07, 6.45) is 0. The molecule has 0 aliphatic carbocycles. The van der Waals surface area contributed by atoms with Crippen LogP contribution in [0.25, 0.3) is 0 Å². The molecule has 0 radical (unpaired) electrons. The maximum atomic E-state index is 11.7. The second-order valence-electron chi connectivity index (χ2n) is 3.22. The largest absolute Gasteiger partial charge is 0.325 e. The lowest BCUT2D eigenvalue weighted by Crippen LogP contribution is -2.13. The van der Waals surface area contributed by atoms with Gasteiger partial charge < -0.3 is 11.1 Å². The zero-order valence-electron chi connectivity index (χ0n) is 8.65. The van der Waals surface area contributed by atoms with E-state index in [1.54, 1.807) is 11.4 Å². The molecular weight excluding hydrogens is 226 g/mol. The van der Waals surface area contributed by atoms with E-state index in [9.17, 15) is 4.79 Å². The van der Waals surface area contributed by atoms with E-state index < -0.39 is 0 Å². The number of carbonyl (C=O) groups is 1. The summed E-state index contributed by atoms with van der Waals surface area (Å²) in [7, 11) is 0. The predicted molar refractivity (Wildman–Crippen MR) is 61.3 cm³/mol. The highest BCUT2D eigenvalue weighted by molar-refractivity contribution is 7.09. The van der Waals surface area contributed by atoms with Crippen LogP contribution in [0.15, 0.2) is 11.4 Å². The number of thiazole rings is 1. The normalized spacial score (nSPS) is 10.4. The number of hydrogen-bond donors (Lipinski definition) is 3. The molecule has 4 N–H and O–H groups in total. The molecule has 0 aliphatic rings. The van der Waals surface area contributed by atoms with Gasteiger partial charge in [-0.3, -0.25) is 9.89 Å². The van der Waals surface area contributed by atoms with Gasteiger partial charge in [0.2, 0.25) is 0 Å². The van der Waals surface area contributed by atoms with Gasteiger partial charge in [-0.1, -0.05) is 0 Å². The van der Waals surface area contributed by atoms with Crippen LogP contribution in [0.5, 0.6) is 0 Å². The monoisotopic (exact) mass is 237 g/mol. The molecule has 16 heavy (non-hydrogen) atoms. The van der Waals surface area contributed by atoms with Crippen molar-refractivity contribution in [2.75, 3.05) is 5.32 Å². The van der Waals surface area contributed by atoms with Crippen LogP contribution in [0, 0.1) is 6.92 Å². The third kappa shape index (κ3) is 2.26. The van der Waals surface area contributed by atoms with Gasteiger partial charge in [-0.2, -0.15) is 5.10 Å². The molecule has 2 heterocycles. The number of aromatic nitrogens is 3. The van der Waals surface area contributed by atoms with E-state index in [2.05, 4.69) is 20.5 Å². The molecule has 0 spiro atoms. The molecule has 0 fully saturated rings. The number of aromatic amines is 1. The minimum Gasteiger partial charge on any atom is -0.325 e. The van der Waals surface area contributed by atoms with E-state index in [1.165, 1.54) is 11.3 Å². The van der Waals surface area contributed by atoms with Gasteiger partial charge in [-0.15, -0.1) is 11.3 Å². The summed E-state index contributed by atoms with van der Waals surface area (Å²) in [5, 5.41) is 11.7. The smallest absolute Gasteiger partial charge is 0.276 e. The topological polar surface area (TPSA) is 96.7 Å². The van der Waals surface area contributed by atoms with Crippen molar-refractivity contribution in [3.05, 3.63) is 27.8 Å². The number of H-pyrrole nitrogens is 1. The third-order valence-electron chi connectivity index (χ3n) is 1.91. The number of rotatable bonds is 3. The Balaban J connectivity index is 2.08. The zero-order valence-corrected chi connectivity index (χ0v) is 9.47. The lowest BCUT2D eigenvalue weighted by Gasteiger charge is -1.96. The fraction of sp³-hybridized carbons (Fsp3) is 0.222. The molecule has 7 heteroatoms. The first-order valence-electron chi connectivity index (χ1n) is 4.67. The number of anilines is 1. The van der Waals surface area contributed by atoms with Gasteiger partial charge in [0, 0.05) is 23.7 Å². The molecular formula is C9H11N5OS. The molecule has 2 aromatic heterocycles. The minimum atomic E-state index is -0.276. The highest BCUT2D eigenvalue weighted by Crippen LogP contribution is 2.11. The molecule has 0 atom stereocenters. The maximum Gasteiger partial charge on any atom is 0.276 e. The average molecular weight is 237 g/mol. The molecule has 84 valence electrons. The Morgan fingerprint density at radius 2 is 2.50 bits per heavy atom. The summed E-state index contributed by atoms with van der Waals surface area (Å²) in [5.74, 6) is 0.215. The highest BCUT2D eigenvalue weighted by atomic mass is 32.1. The van der Waals surface area contributed by atoms with Crippen LogP contribution in [-0.2, 0) is 6.54 Å². The van der Waals surface area contributed by atoms with Gasteiger partial charge in [-0.25, -0.2) is 4.98 Å². The molecule has 1 amide bonds. The summed E-state index contributed by atoms with van der Waals surface area (Å²) >= 11 is 1.37. The Morgan fingerprint density at radius 3 is 3.06 bits per heavy atom. The molecule has 0 bridgehead atoms. The van der Waals surface area contributed by atoms with Gasteiger partial charge >= 0.3 is 0 Å². The quantitative estimate of drug-likeness (QED) is 0.738. The van der Waals surface area contributed by atoms with Crippen LogP contribution < -0.4 is 11.1 Å². The Morgan fingerprint density at radius 1 is 1.69 bits per heavy atom. The second-order valence-corrected chi connectivity index (χ2v) is 4.16. The summed E-state index contributed by atoms with van der Waals surface area (Å²) < 4.78 is 0. The first-order valence-corrected chi connectivity index (χ1v) is 5.55. The zero-order chi connectivity index (χ0) is 11.5. The summed E-state index contributed by atoms with van der Waals surface area (Å²) in [6, 6.07) is 1.74. The lowest BCUT2D eigenvalue weighted by atomic mass is 10.4. The van der Waals surface area contributed by atoms with E-state index >= 15 is 0 Å². The molecule has 0 saturated heterocycles. The van der Waals surface area contributed by atoms with Crippen LogP contribution in [0.3, 0.4) is 0 Å². The van der Waals surface area contributed by atoms with Crippen molar-refractivity contribution in [3.8, 4) is 0 Å². The molecule has 6 nitrogen and oxygen atoms in total. The number of aryl methyl sites for hydroxylation is 1. The van der Waals surface area contributed by atoms with Crippen LogP contribution >= 0.6 is 11.3 Å². The molecule has 0 aromatic carbocycles. The van der Waals surface area contributed by atoms with E-state index in [-0.39, 0.29) is 5.91 Å². The van der Waals surface area contributed by atoms with Crippen LogP contribution in [0.2, 0.25) is 0 Å². The summed E-state index contributed by atoms with van der Waals surface area (Å²) in [5.41, 5.74) is 6.67. The Bertz CT molecular complexity index is 503. The van der Waals surface area contributed by atoms with Crippen molar-refractivity contribution < 1.29 is 4.79 Å². The molecule has 0 unspecified atom stereocenters. The molecule has 0 saturated carbocycles. The Hall–Kier alpha value is -1.73. The number of nitrogens with zero attached hydrogens (tertiary/aromatic N) is 2. The molecule has 2 aromatic rings. The average Bonchev–Trinajstić information content (AvgIpc) is 2.87. The molecule has 0 aliphatic heterocycles. The third-order valence-corrected chi connectivity index (χ3v) is 2.78. The van der Waals surface area contributed by atoms with Gasteiger partial charge in [0.05, 0.1) is 0 Å². The van der Waals surface area contributed by atoms with E-state index in [0.29, 0.717) is 18.1 Å². The Labute approximate surface area is 95.9 Å². The van der Waals surface area contributed by atoms with Crippen LogP contribution in [0.4, 0.5) is 5.82 Å². The van der Waals surface area contributed by atoms with Gasteiger partial charge in [0.25, 0.3) is 5.91 Å². The van der Waals surface area contributed by atoms with Crippen molar-refractivity contribution in [3.63, 3.8) is 0 Å². The molecule has 2 rings (SSSR count). The van der Waals surface area contributed by atoms with Gasteiger partial charge in [-0.05, 0) is 6.92 Å². The predicted octanol–water partition coefficient (Wildman–Crippen LogP) is 0.886. The van der Waals surface area contributed by atoms with Crippen LogP contribution in [0.1, 0.15) is 21.2 Å². The van der Waals surface area contributed by atoms with Crippen molar-refractivity contribution in [1.82, 2.24) is 15.2 Å². The van der Waals surface area contributed by atoms with Crippen molar-refractivity contribution in [2.24, 2.45) is 5.73 Å². The minimum absolute atomic E-state index is 0.276. The second kappa shape index (κ2) is 4.42. The number of hydrogen-bond acceptors (Lipinski definition) is 5. The van der Waals surface area contributed by atoms with Crippen molar-refractivity contribution in [2.45, 2.75) is 13.5 Å². The first kappa shape index (κ1) is 10.8. The van der Waals surface area contributed by atoms with E-state index in [0.717, 1.165) is 10.7 Å². The summed E-state index contributed by atoms with van der Waals surface area (Å²) in [4.78, 5) is 15.8. The van der Waals surface area contributed by atoms with Crippen LogP contribution in [-0.4, -0.2) is 21.1 Å². The highest BCUT2D eigenvalue weighted by Gasteiger charge is 2.11. The number of nitrogens with one attached hydrogen (secondary N) is 2. The van der Waals surface area contributed by atoms with Crippen molar-refractivity contribution in [1.29, 1.82) is 0 Å². The summed E-state index contributed by atoms with van der Waals surface area (Å²) in [6.45, 7) is 2.21. The lowest BCUT2D eigenvalue weighted by molar-refractivity contribution is 0.102. The number of carbonyl (C=O) groups excluding carboxylic acids is 1.